The van der Waals surface area contributed by atoms with Gasteiger partial charge in [0.2, 0.25) is 15.9 Å². The van der Waals surface area contributed by atoms with E-state index >= 15 is 0 Å². The number of aryl methyl sites for hydroxylation is 2. The lowest BCUT2D eigenvalue weighted by Gasteiger charge is -2.09. The summed E-state index contributed by atoms with van der Waals surface area (Å²) in [6.45, 7) is 0.268. The summed E-state index contributed by atoms with van der Waals surface area (Å²) < 4.78 is 27.7. The Balaban J connectivity index is 1.52. The van der Waals surface area contributed by atoms with Crippen LogP contribution in [0, 0.1) is 0 Å². The molecule has 1 aliphatic heterocycles. The van der Waals surface area contributed by atoms with E-state index in [1.807, 2.05) is 6.07 Å². The topological polar surface area (TPSA) is 75.3 Å². The number of fused-ring (bicyclic) bond motifs is 2. The smallest absolute Gasteiger partial charge is 0.240 e. The van der Waals surface area contributed by atoms with Gasteiger partial charge in [-0.25, -0.2) is 13.1 Å². The molecule has 2 N–H and O–H groups in total. The molecule has 6 heteroatoms. The van der Waals surface area contributed by atoms with Crippen molar-refractivity contribution in [2.24, 2.45) is 0 Å². The average Bonchev–Trinajstić information content (AvgIpc) is 3.16. The molecule has 1 amide bonds. The largest absolute Gasteiger partial charge is 0.326 e. The van der Waals surface area contributed by atoms with Crippen LogP contribution in [0.15, 0.2) is 41.3 Å². The first kappa shape index (κ1) is 15.4. The molecule has 2 aromatic rings. The molecule has 24 heavy (non-hydrogen) atoms. The maximum atomic E-state index is 12.5. The Hall–Kier alpha value is -2.18. The van der Waals surface area contributed by atoms with E-state index in [9.17, 15) is 13.2 Å². The molecule has 124 valence electrons. The van der Waals surface area contributed by atoms with Crippen molar-refractivity contribution in [3.8, 4) is 0 Å². The van der Waals surface area contributed by atoms with Crippen LogP contribution in [0.4, 0.5) is 5.69 Å². The first-order valence-electron chi connectivity index (χ1n) is 8.04. The van der Waals surface area contributed by atoms with Crippen LogP contribution in [0.2, 0.25) is 0 Å². The standard InChI is InChI=1S/C18H18N2O3S/c21-18-10-15-9-16(6-7-17(15)20-18)24(22,23)19-11-12-4-5-13-2-1-3-14(13)8-12/h4-9,19H,1-3,10-11H2,(H,20,21). The van der Waals surface area contributed by atoms with Gasteiger partial charge in [-0.3, -0.25) is 4.79 Å². The summed E-state index contributed by atoms with van der Waals surface area (Å²) in [5.41, 5.74) is 5.08. The summed E-state index contributed by atoms with van der Waals surface area (Å²) in [5.74, 6) is -0.106. The number of benzene rings is 2. The molecule has 4 rings (SSSR count). The van der Waals surface area contributed by atoms with Gasteiger partial charge in [0.05, 0.1) is 11.3 Å². The van der Waals surface area contributed by atoms with Crippen molar-refractivity contribution < 1.29 is 13.2 Å². The Labute approximate surface area is 141 Å². The minimum atomic E-state index is -3.60. The maximum absolute atomic E-state index is 12.5. The summed E-state index contributed by atoms with van der Waals surface area (Å²) in [7, 11) is -3.60. The maximum Gasteiger partial charge on any atom is 0.240 e. The van der Waals surface area contributed by atoms with E-state index in [0.717, 1.165) is 24.0 Å². The second-order valence-corrected chi connectivity index (χ2v) is 8.09. The minimum Gasteiger partial charge on any atom is -0.326 e. The van der Waals surface area contributed by atoms with E-state index in [-0.39, 0.29) is 23.8 Å². The van der Waals surface area contributed by atoms with Gasteiger partial charge in [0.25, 0.3) is 0 Å². The second kappa shape index (κ2) is 5.72. The van der Waals surface area contributed by atoms with Crippen LogP contribution in [0.3, 0.4) is 0 Å². The molecule has 1 aliphatic carbocycles. The van der Waals surface area contributed by atoms with Crippen LogP contribution in [0.1, 0.15) is 28.7 Å². The van der Waals surface area contributed by atoms with Crippen molar-refractivity contribution in [2.45, 2.75) is 37.1 Å². The van der Waals surface area contributed by atoms with Crippen LogP contribution < -0.4 is 10.0 Å². The van der Waals surface area contributed by atoms with Crippen molar-refractivity contribution in [3.63, 3.8) is 0 Å². The molecule has 0 spiro atoms. The summed E-state index contributed by atoms with van der Waals surface area (Å²) in [6, 6.07) is 10.9. The zero-order valence-corrected chi connectivity index (χ0v) is 13.9. The fourth-order valence-corrected chi connectivity index (χ4v) is 4.44. The van der Waals surface area contributed by atoms with Gasteiger partial charge in [-0.1, -0.05) is 18.2 Å². The van der Waals surface area contributed by atoms with E-state index in [1.54, 1.807) is 12.1 Å². The number of amides is 1. The van der Waals surface area contributed by atoms with Gasteiger partial charge in [-0.15, -0.1) is 0 Å². The number of hydrogen-bond acceptors (Lipinski definition) is 3. The summed E-state index contributed by atoms with van der Waals surface area (Å²) in [6.07, 6.45) is 3.58. The average molecular weight is 342 g/mol. The fourth-order valence-electron chi connectivity index (χ4n) is 3.37. The molecule has 1 heterocycles. The van der Waals surface area contributed by atoms with Gasteiger partial charge in [-0.05, 0) is 59.7 Å². The van der Waals surface area contributed by atoms with Gasteiger partial charge in [0.1, 0.15) is 0 Å². The minimum absolute atomic E-state index is 0.106. The molecule has 0 aromatic heterocycles. The summed E-state index contributed by atoms with van der Waals surface area (Å²) in [5, 5.41) is 2.70. The van der Waals surface area contributed by atoms with Gasteiger partial charge in [0, 0.05) is 12.2 Å². The lowest BCUT2D eigenvalue weighted by Crippen LogP contribution is -2.23. The highest BCUT2D eigenvalue weighted by molar-refractivity contribution is 7.89. The lowest BCUT2D eigenvalue weighted by atomic mass is 10.1. The van der Waals surface area contributed by atoms with Crippen LogP contribution in [0.5, 0.6) is 0 Å². The van der Waals surface area contributed by atoms with E-state index in [4.69, 9.17) is 0 Å². The molecule has 0 saturated heterocycles. The molecular formula is C18H18N2O3S. The predicted octanol–water partition coefficient (Wildman–Crippen LogP) is 2.15. The van der Waals surface area contributed by atoms with Crippen molar-refractivity contribution in [1.82, 2.24) is 4.72 Å². The quantitative estimate of drug-likeness (QED) is 0.894. The monoisotopic (exact) mass is 342 g/mol. The number of nitrogens with one attached hydrogen (secondary N) is 2. The third-order valence-corrected chi connectivity index (χ3v) is 6.04. The molecule has 0 bridgehead atoms. The summed E-state index contributed by atoms with van der Waals surface area (Å²) >= 11 is 0. The predicted molar refractivity (Wildman–Crippen MR) is 91.3 cm³/mol. The Morgan fingerprint density at radius 2 is 1.83 bits per heavy atom. The van der Waals surface area contributed by atoms with E-state index in [1.165, 1.54) is 23.6 Å². The van der Waals surface area contributed by atoms with Crippen molar-refractivity contribution in [1.29, 1.82) is 0 Å². The number of sulfonamides is 1. The number of rotatable bonds is 4. The fraction of sp³-hybridized carbons (Fsp3) is 0.278. The molecule has 0 saturated carbocycles. The first-order valence-corrected chi connectivity index (χ1v) is 9.53. The molecule has 2 aromatic carbocycles. The highest BCUT2D eigenvalue weighted by Crippen LogP contribution is 2.26. The van der Waals surface area contributed by atoms with E-state index in [0.29, 0.717) is 5.69 Å². The van der Waals surface area contributed by atoms with Crippen LogP contribution in [-0.4, -0.2) is 14.3 Å². The molecule has 5 nitrogen and oxygen atoms in total. The lowest BCUT2D eigenvalue weighted by molar-refractivity contribution is -0.115. The molecule has 0 unspecified atom stereocenters. The van der Waals surface area contributed by atoms with Crippen LogP contribution in [-0.2, 0) is 40.6 Å². The van der Waals surface area contributed by atoms with Crippen LogP contribution >= 0.6 is 0 Å². The normalized spacial score (nSPS) is 15.9. The van der Waals surface area contributed by atoms with Gasteiger partial charge in [0.15, 0.2) is 0 Å². The third-order valence-electron chi connectivity index (χ3n) is 4.64. The zero-order chi connectivity index (χ0) is 16.7. The van der Waals surface area contributed by atoms with Crippen molar-refractivity contribution >= 4 is 21.6 Å². The van der Waals surface area contributed by atoms with E-state index < -0.39 is 10.0 Å². The number of hydrogen-bond donors (Lipinski definition) is 2. The zero-order valence-electron chi connectivity index (χ0n) is 13.1. The number of anilines is 1. The van der Waals surface area contributed by atoms with Gasteiger partial charge < -0.3 is 5.32 Å². The molecule has 0 radical (unpaired) electrons. The van der Waals surface area contributed by atoms with Crippen molar-refractivity contribution in [2.75, 3.05) is 5.32 Å². The molecular weight excluding hydrogens is 324 g/mol. The van der Waals surface area contributed by atoms with Crippen LogP contribution in [0.25, 0.3) is 0 Å². The Bertz CT molecular complexity index is 935. The molecule has 0 fully saturated rings. The molecule has 0 atom stereocenters. The second-order valence-electron chi connectivity index (χ2n) is 6.33. The number of carbonyl (C=O) groups is 1. The Morgan fingerprint density at radius 3 is 2.71 bits per heavy atom. The summed E-state index contributed by atoms with van der Waals surface area (Å²) in [4.78, 5) is 11.6. The van der Waals surface area contributed by atoms with Crippen molar-refractivity contribution in [3.05, 3.63) is 58.7 Å². The van der Waals surface area contributed by atoms with Gasteiger partial charge >= 0.3 is 0 Å². The Morgan fingerprint density at radius 1 is 1.00 bits per heavy atom. The SMILES string of the molecule is O=C1Cc2cc(S(=O)(=O)NCc3ccc4c(c3)CCC4)ccc2N1. The van der Waals surface area contributed by atoms with E-state index in [2.05, 4.69) is 22.2 Å². The third kappa shape index (κ3) is 2.83. The first-order chi connectivity index (χ1) is 11.5. The highest BCUT2D eigenvalue weighted by Gasteiger charge is 2.22. The van der Waals surface area contributed by atoms with Gasteiger partial charge in [-0.2, -0.15) is 0 Å². The molecule has 2 aliphatic rings. The Kier molecular flexibility index (Phi) is 3.66. The highest BCUT2D eigenvalue weighted by atomic mass is 32.2. The number of carbonyl (C=O) groups excluding carboxylic acids is 1.